The van der Waals surface area contributed by atoms with Crippen molar-refractivity contribution in [2.75, 3.05) is 11.9 Å². The molecule has 2 aromatic rings. The molecule has 0 aliphatic carbocycles. The van der Waals surface area contributed by atoms with E-state index in [1.54, 1.807) is 23.1 Å². The Bertz CT molecular complexity index is 758. The Kier molecular flexibility index (Phi) is 6.85. The lowest BCUT2D eigenvalue weighted by Gasteiger charge is -2.21. The first-order chi connectivity index (χ1) is 11.9. The van der Waals surface area contributed by atoms with Crippen LogP contribution in [0, 0.1) is 6.92 Å². The van der Waals surface area contributed by atoms with Gasteiger partial charge in [-0.1, -0.05) is 59.1 Å². The van der Waals surface area contributed by atoms with E-state index in [0.717, 1.165) is 11.1 Å². The molecule has 6 heteroatoms. The van der Waals surface area contributed by atoms with Crippen molar-refractivity contribution in [3.63, 3.8) is 0 Å². The number of carbonyl (C=O) groups excluding carboxylic acids is 2. The van der Waals surface area contributed by atoms with Crippen LogP contribution in [0.15, 0.2) is 42.5 Å². The van der Waals surface area contributed by atoms with Crippen molar-refractivity contribution >= 4 is 40.7 Å². The molecule has 0 heterocycles. The van der Waals surface area contributed by atoms with E-state index in [0.29, 0.717) is 28.8 Å². The van der Waals surface area contributed by atoms with Gasteiger partial charge in [-0.15, -0.1) is 0 Å². The number of benzene rings is 2. The maximum absolute atomic E-state index is 12.2. The standard InChI is InChI=1S/C19H20Cl2N2O2/c1-13-5-3-6-15(11-13)12-23(14(2)24)10-9-18(25)22-19-16(20)7-4-8-17(19)21/h3-8,11H,9-10,12H2,1-2H3,(H,22,25). The highest BCUT2D eigenvalue weighted by Gasteiger charge is 2.14. The summed E-state index contributed by atoms with van der Waals surface area (Å²) in [5, 5.41) is 3.46. The average molecular weight is 379 g/mol. The first-order valence-corrected chi connectivity index (χ1v) is 8.67. The predicted molar refractivity (Wildman–Crippen MR) is 102 cm³/mol. The smallest absolute Gasteiger partial charge is 0.226 e. The third-order valence-electron chi connectivity index (χ3n) is 3.74. The lowest BCUT2D eigenvalue weighted by molar-refractivity contribution is -0.129. The molecule has 25 heavy (non-hydrogen) atoms. The fraction of sp³-hybridized carbons (Fsp3) is 0.263. The number of aryl methyl sites for hydroxylation is 1. The van der Waals surface area contributed by atoms with Crippen molar-refractivity contribution in [2.45, 2.75) is 26.8 Å². The van der Waals surface area contributed by atoms with Gasteiger partial charge in [-0.2, -0.15) is 0 Å². The van der Waals surface area contributed by atoms with Gasteiger partial charge in [0.05, 0.1) is 15.7 Å². The largest absolute Gasteiger partial charge is 0.338 e. The zero-order chi connectivity index (χ0) is 18.4. The molecule has 0 atom stereocenters. The normalized spacial score (nSPS) is 10.4. The van der Waals surface area contributed by atoms with E-state index in [4.69, 9.17) is 23.2 Å². The van der Waals surface area contributed by atoms with Gasteiger partial charge in [0, 0.05) is 26.4 Å². The summed E-state index contributed by atoms with van der Waals surface area (Å²) in [4.78, 5) is 25.7. The molecule has 0 fully saturated rings. The molecule has 0 radical (unpaired) electrons. The minimum Gasteiger partial charge on any atom is -0.338 e. The zero-order valence-corrected chi connectivity index (χ0v) is 15.7. The first kappa shape index (κ1) is 19.3. The van der Waals surface area contributed by atoms with E-state index in [9.17, 15) is 9.59 Å². The first-order valence-electron chi connectivity index (χ1n) is 7.91. The number of hydrogen-bond acceptors (Lipinski definition) is 2. The van der Waals surface area contributed by atoms with Crippen LogP contribution in [-0.2, 0) is 16.1 Å². The fourth-order valence-electron chi connectivity index (χ4n) is 2.43. The number of halogens is 2. The summed E-state index contributed by atoms with van der Waals surface area (Å²) in [6, 6.07) is 13.0. The zero-order valence-electron chi connectivity index (χ0n) is 14.2. The van der Waals surface area contributed by atoms with Crippen LogP contribution in [0.5, 0.6) is 0 Å². The molecule has 132 valence electrons. The highest BCUT2D eigenvalue weighted by molar-refractivity contribution is 6.39. The molecule has 0 unspecified atom stereocenters. The Balaban J connectivity index is 1.96. The van der Waals surface area contributed by atoms with Crippen LogP contribution in [0.3, 0.4) is 0 Å². The lowest BCUT2D eigenvalue weighted by atomic mass is 10.1. The van der Waals surface area contributed by atoms with Gasteiger partial charge >= 0.3 is 0 Å². The van der Waals surface area contributed by atoms with Gasteiger partial charge in [-0.25, -0.2) is 0 Å². The maximum atomic E-state index is 12.2. The van der Waals surface area contributed by atoms with Gasteiger partial charge in [-0.3, -0.25) is 9.59 Å². The molecule has 0 bridgehead atoms. The summed E-state index contributed by atoms with van der Waals surface area (Å²) >= 11 is 12.1. The molecule has 2 amide bonds. The van der Waals surface area contributed by atoms with Gasteiger partial charge in [0.2, 0.25) is 11.8 Å². The number of amides is 2. The summed E-state index contributed by atoms with van der Waals surface area (Å²) in [5.41, 5.74) is 2.56. The van der Waals surface area contributed by atoms with E-state index in [2.05, 4.69) is 5.32 Å². The summed E-state index contributed by atoms with van der Waals surface area (Å²) in [5.74, 6) is -0.324. The minimum absolute atomic E-state index is 0.0786. The molecular weight excluding hydrogens is 359 g/mol. The minimum atomic E-state index is -0.245. The average Bonchev–Trinajstić information content (AvgIpc) is 2.55. The second kappa shape index (κ2) is 8.88. The highest BCUT2D eigenvalue weighted by Crippen LogP contribution is 2.29. The third kappa shape index (κ3) is 5.76. The Morgan fingerprint density at radius 1 is 1.08 bits per heavy atom. The van der Waals surface area contributed by atoms with Gasteiger partial charge in [-0.05, 0) is 24.6 Å². The SMILES string of the molecule is CC(=O)N(CCC(=O)Nc1c(Cl)cccc1Cl)Cc1cccc(C)c1. The number of para-hydroxylation sites is 1. The Hall–Kier alpha value is -2.04. The van der Waals surface area contributed by atoms with Gasteiger partial charge in [0.15, 0.2) is 0 Å². The Labute approximate surface area is 157 Å². The van der Waals surface area contributed by atoms with Crippen molar-refractivity contribution in [1.29, 1.82) is 0 Å². The van der Waals surface area contributed by atoms with E-state index >= 15 is 0 Å². The monoisotopic (exact) mass is 378 g/mol. The summed E-state index contributed by atoms with van der Waals surface area (Å²) < 4.78 is 0. The summed E-state index contributed by atoms with van der Waals surface area (Å²) in [7, 11) is 0. The van der Waals surface area contributed by atoms with Crippen LogP contribution >= 0.6 is 23.2 Å². The van der Waals surface area contributed by atoms with Crippen LogP contribution in [0.25, 0.3) is 0 Å². The number of nitrogens with one attached hydrogen (secondary N) is 1. The van der Waals surface area contributed by atoms with Crippen LogP contribution in [0.4, 0.5) is 5.69 Å². The Morgan fingerprint density at radius 3 is 2.32 bits per heavy atom. The summed E-state index contributed by atoms with van der Waals surface area (Å²) in [6.07, 6.45) is 0.160. The molecule has 0 saturated carbocycles. The molecule has 1 N–H and O–H groups in total. The maximum Gasteiger partial charge on any atom is 0.226 e. The molecular formula is C19H20Cl2N2O2. The van der Waals surface area contributed by atoms with Crippen molar-refractivity contribution in [3.8, 4) is 0 Å². The van der Waals surface area contributed by atoms with E-state index in [-0.39, 0.29) is 18.2 Å². The Morgan fingerprint density at radius 2 is 1.72 bits per heavy atom. The molecule has 0 aliphatic rings. The van der Waals surface area contributed by atoms with Crippen LogP contribution < -0.4 is 5.32 Å². The molecule has 0 saturated heterocycles. The van der Waals surface area contributed by atoms with Crippen LogP contribution in [0.1, 0.15) is 24.5 Å². The molecule has 4 nitrogen and oxygen atoms in total. The molecule has 2 rings (SSSR count). The number of anilines is 1. The fourth-order valence-corrected chi connectivity index (χ4v) is 2.93. The lowest BCUT2D eigenvalue weighted by Crippen LogP contribution is -2.31. The van der Waals surface area contributed by atoms with Crippen molar-refractivity contribution < 1.29 is 9.59 Å². The topological polar surface area (TPSA) is 49.4 Å². The number of rotatable bonds is 6. The van der Waals surface area contributed by atoms with Gasteiger partial charge in [0.25, 0.3) is 0 Å². The number of nitrogens with zero attached hydrogens (tertiary/aromatic N) is 1. The van der Waals surface area contributed by atoms with Crippen molar-refractivity contribution in [1.82, 2.24) is 4.90 Å². The third-order valence-corrected chi connectivity index (χ3v) is 4.37. The van der Waals surface area contributed by atoms with Crippen molar-refractivity contribution in [3.05, 3.63) is 63.6 Å². The van der Waals surface area contributed by atoms with Crippen molar-refractivity contribution in [2.24, 2.45) is 0 Å². The van der Waals surface area contributed by atoms with Crippen LogP contribution in [-0.4, -0.2) is 23.3 Å². The van der Waals surface area contributed by atoms with Crippen LogP contribution in [0.2, 0.25) is 10.0 Å². The quantitative estimate of drug-likeness (QED) is 0.792. The van der Waals surface area contributed by atoms with E-state index < -0.39 is 0 Å². The second-order valence-electron chi connectivity index (χ2n) is 5.82. The van der Waals surface area contributed by atoms with E-state index in [1.807, 2.05) is 31.2 Å². The number of hydrogen-bond donors (Lipinski definition) is 1. The number of carbonyl (C=O) groups is 2. The van der Waals surface area contributed by atoms with Gasteiger partial charge < -0.3 is 10.2 Å². The van der Waals surface area contributed by atoms with Gasteiger partial charge in [0.1, 0.15) is 0 Å². The molecule has 0 aliphatic heterocycles. The molecule has 0 spiro atoms. The second-order valence-corrected chi connectivity index (χ2v) is 6.64. The highest BCUT2D eigenvalue weighted by atomic mass is 35.5. The van der Waals surface area contributed by atoms with E-state index in [1.165, 1.54) is 6.92 Å². The predicted octanol–water partition coefficient (Wildman–Crippen LogP) is 4.68. The molecule has 0 aromatic heterocycles. The summed E-state index contributed by atoms with van der Waals surface area (Å²) in [6.45, 7) is 4.29. The molecule has 2 aromatic carbocycles.